The molecular weight excluding hydrogens is 325 g/mol. The lowest BCUT2D eigenvalue weighted by Crippen LogP contribution is -2.37. The maximum atomic E-state index is 12.1. The van der Waals surface area contributed by atoms with Gasteiger partial charge in [0, 0.05) is 28.2 Å². The summed E-state index contributed by atoms with van der Waals surface area (Å²) in [6.45, 7) is 3.76. The van der Waals surface area contributed by atoms with Crippen LogP contribution in [0.15, 0.2) is 24.3 Å². The first-order valence-electron chi connectivity index (χ1n) is 6.80. The predicted octanol–water partition coefficient (Wildman–Crippen LogP) is 2.81. The fourth-order valence-electron chi connectivity index (χ4n) is 2.15. The van der Waals surface area contributed by atoms with Gasteiger partial charge in [0.25, 0.3) is 5.91 Å². The smallest absolute Gasteiger partial charge is 0.253 e. The summed E-state index contributed by atoms with van der Waals surface area (Å²) in [5, 5.41) is 20.6. The molecule has 0 aliphatic heterocycles. The number of nitrogens with zero attached hydrogens (tertiary/aromatic N) is 1. The molecule has 0 radical (unpaired) electrons. The number of carbonyl (C=O) groups is 1. The van der Waals surface area contributed by atoms with Crippen molar-refractivity contribution in [3.8, 4) is 0 Å². The van der Waals surface area contributed by atoms with Gasteiger partial charge in [0.05, 0.1) is 5.69 Å². The minimum absolute atomic E-state index is 0.167. The van der Waals surface area contributed by atoms with Gasteiger partial charge in [-0.05, 0) is 43.7 Å². The lowest BCUT2D eigenvalue weighted by molar-refractivity contribution is -0.130. The van der Waals surface area contributed by atoms with E-state index in [-0.39, 0.29) is 6.04 Å². The maximum absolute atomic E-state index is 12.1. The molecule has 2 rings (SSSR count). The summed E-state index contributed by atoms with van der Waals surface area (Å²) in [6, 6.07) is 6.31. The first-order chi connectivity index (χ1) is 10.3. The minimum atomic E-state index is -1.32. The second kappa shape index (κ2) is 7.13. The number of nitrogens with one attached hydrogen (secondary N) is 2. The van der Waals surface area contributed by atoms with E-state index >= 15 is 0 Å². The molecule has 2 atom stereocenters. The van der Waals surface area contributed by atoms with E-state index in [1.165, 1.54) is 12.1 Å². The van der Waals surface area contributed by atoms with E-state index in [4.69, 9.17) is 23.2 Å². The highest BCUT2D eigenvalue weighted by Gasteiger charge is 2.20. The number of aryl methyl sites for hydroxylation is 1. The fraction of sp³-hybridized carbons (Fsp3) is 0.333. The monoisotopic (exact) mass is 341 g/mol. The molecule has 0 aliphatic carbocycles. The molecule has 5 nitrogen and oxygen atoms in total. The molecule has 2 unspecified atom stereocenters. The lowest BCUT2D eigenvalue weighted by Gasteiger charge is -2.16. The highest BCUT2D eigenvalue weighted by molar-refractivity contribution is 6.34. The summed E-state index contributed by atoms with van der Waals surface area (Å²) < 4.78 is 0. The molecule has 7 heteroatoms. The van der Waals surface area contributed by atoms with E-state index < -0.39 is 12.0 Å². The molecule has 22 heavy (non-hydrogen) atoms. The quantitative estimate of drug-likeness (QED) is 0.782. The Balaban J connectivity index is 1.98. The van der Waals surface area contributed by atoms with Crippen molar-refractivity contribution in [3.05, 3.63) is 51.3 Å². The third-order valence-electron chi connectivity index (χ3n) is 3.11. The van der Waals surface area contributed by atoms with Gasteiger partial charge in [0.2, 0.25) is 0 Å². The average Bonchev–Trinajstić information content (AvgIpc) is 2.81. The van der Waals surface area contributed by atoms with Crippen molar-refractivity contribution in [1.82, 2.24) is 15.5 Å². The lowest BCUT2D eigenvalue weighted by atomic mass is 10.1. The largest absolute Gasteiger partial charge is 0.378 e. The predicted molar refractivity (Wildman–Crippen MR) is 86.1 cm³/mol. The molecule has 118 valence electrons. The first-order valence-corrected chi connectivity index (χ1v) is 7.56. The van der Waals surface area contributed by atoms with Crippen LogP contribution in [0.2, 0.25) is 10.0 Å². The average molecular weight is 342 g/mol. The van der Waals surface area contributed by atoms with Crippen molar-refractivity contribution in [2.45, 2.75) is 32.4 Å². The number of amides is 1. The van der Waals surface area contributed by atoms with E-state index in [1.807, 2.05) is 19.9 Å². The third kappa shape index (κ3) is 4.47. The Morgan fingerprint density at radius 1 is 1.32 bits per heavy atom. The molecule has 1 aromatic heterocycles. The summed E-state index contributed by atoms with van der Waals surface area (Å²) >= 11 is 11.8. The van der Waals surface area contributed by atoms with E-state index in [9.17, 15) is 9.90 Å². The molecule has 0 spiro atoms. The Morgan fingerprint density at radius 3 is 2.50 bits per heavy atom. The summed E-state index contributed by atoms with van der Waals surface area (Å²) in [4.78, 5) is 12.1. The number of benzene rings is 1. The van der Waals surface area contributed by atoms with Crippen LogP contribution in [-0.2, 0) is 11.2 Å². The Bertz CT molecular complexity index is 652. The topological polar surface area (TPSA) is 78.0 Å². The number of aliphatic hydroxyl groups is 1. The van der Waals surface area contributed by atoms with Gasteiger partial charge in [0.15, 0.2) is 6.10 Å². The van der Waals surface area contributed by atoms with Crippen molar-refractivity contribution in [1.29, 1.82) is 0 Å². The van der Waals surface area contributed by atoms with Crippen LogP contribution in [0.5, 0.6) is 0 Å². The van der Waals surface area contributed by atoms with Crippen molar-refractivity contribution in [3.63, 3.8) is 0 Å². The number of halogens is 2. The zero-order valence-corrected chi connectivity index (χ0v) is 13.7. The number of aromatic amines is 1. The van der Waals surface area contributed by atoms with E-state index in [1.54, 1.807) is 6.07 Å². The molecule has 0 fully saturated rings. The zero-order valence-electron chi connectivity index (χ0n) is 12.2. The Labute approximate surface area is 138 Å². The SMILES string of the molecule is Cc1cc(CC(C)NC(=O)C(O)c2cc(Cl)cc(Cl)c2)n[nH]1. The molecule has 3 N–H and O–H groups in total. The van der Waals surface area contributed by atoms with Crippen LogP contribution in [0.25, 0.3) is 0 Å². The van der Waals surface area contributed by atoms with Crippen molar-refractivity contribution in [2.24, 2.45) is 0 Å². The van der Waals surface area contributed by atoms with E-state index in [2.05, 4.69) is 15.5 Å². The van der Waals surface area contributed by atoms with Gasteiger partial charge in [-0.25, -0.2) is 0 Å². The van der Waals surface area contributed by atoms with Gasteiger partial charge in [-0.15, -0.1) is 0 Å². The van der Waals surface area contributed by atoms with Gasteiger partial charge in [-0.2, -0.15) is 5.10 Å². The number of aromatic nitrogens is 2. The van der Waals surface area contributed by atoms with Crippen molar-refractivity contribution >= 4 is 29.1 Å². The van der Waals surface area contributed by atoms with Crippen LogP contribution in [0, 0.1) is 6.92 Å². The first kappa shape index (κ1) is 16.8. The highest BCUT2D eigenvalue weighted by atomic mass is 35.5. The summed E-state index contributed by atoms with van der Waals surface area (Å²) in [6.07, 6.45) is -0.751. The van der Waals surface area contributed by atoms with Gasteiger partial charge in [0.1, 0.15) is 0 Å². The molecule has 0 saturated carbocycles. The van der Waals surface area contributed by atoms with Crippen LogP contribution in [-0.4, -0.2) is 27.3 Å². The second-order valence-electron chi connectivity index (χ2n) is 5.26. The highest BCUT2D eigenvalue weighted by Crippen LogP contribution is 2.23. The number of hydrogen-bond donors (Lipinski definition) is 3. The van der Waals surface area contributed by atoms with Gasteiger partial charge in [-0.3, -0.25) is 9.89 Å². The van der Waals surface area contributed by atoms with E-state index in [0.29, 0.717) is 22.0 Å². The fourth-order valence-corrected chi connectivity index (χ4v) is 2.69. The Kier molecular flexibility index (Phi) is 5.45. The minimum Gasteiger partial charge on any atom is -0.378 e. The number of carbonyl (C=O) groups excluding carboxylic acids is 1. The number of rotatable bonds is 5. The Hall–Kier alpha value is -1.56. The van der Waals surface area contributed by atoms with Gasteiger partial charge in [-0.1, -0.05) is 23.2 Å². The molecule has 1 amide bonds. The molecule has 0 bridgehead atoms. The maximum Gasteiger partial charge on any atom is 0.253 e. The molecule has 1 aromatic carbocycles. The molecule has 2 aromatic rings. The third-order valence-corrected chi connectivity index (χ3v) is 3.55. The number of H-pyrrole nitrogens is 1. The normalized spacial score (nSPS) is 13.7. The van der Waals surface area contributed by atoms with Gasteiger partial charge < -0.3 is 10.4 Å². The summed E-state index contributed by atoms with van der Waals surface area (Å²) in [5.74, 6) is -0.502. The standard InChI is InChI=1S/C15H17Cl2N3O2/c1-8(3-13-4-9(2)19-20-13)18-15(22)14(21)10-5-11(16)7-12(17)6-10/h4-8,14,21H,3H2,1-2H3,(H,18,22)(H,19,20). The molecule has 0 aliphatic rings. The van der Waals surface area contributed by atoms with Gasteiger partial charge >= 0.3 is 0 Å². The van der Waals surface area contributed by atoms with E-state index in [0.717, 1.165) is 11.4 Å². The molecular formula is C15H17Cl2N3O2. The van der Waals surface area contributed by atoms with Crippen LogP contribution in [0.3, 0.4) is 0 Å². The summed E-state index contributed by atoms with van der Waals surface area (Å²) in [7, 11) is 0. The number of aliphatic hydroxyl groups excluding tert-OH is 1. The van der Waals surface area contributed by atoms with Crippen molar-refractivity contribution in [2.75, 3.05) is 0 Å². The summed E-state index contributed by atoms with van der Waals surface area (Å²) in [5.41, 5.74) is 2.17. The molecule has 1 heterocycles. The van der Waals surface area contributed by atoms with Crippen molar-refractivity contribution < 1.29 is 9.90 Å². The van der Waals surface area contributed by atoms with Crippen LogP contribution < -0.4 is 5.32 Å². The van der Waals surface area contributed by atoms with Crippen LogP contribution >= 0.6 is 23.2 Å². The molecule has 0 saturated heterocycles. The Morgan fingerprint density at radius 2 is 1.95 bits per heavy atom. The van der Waals surface area contributed by atoms with Crippen LogP contribution in [0.4, 0.5) is 0 Å². The van der Waals surface area contributed by atoms with Crippen LogP contribution in [0.1, 0.15) is 30.0 Å². The zero-order chi connectivity index (χ0) is 16.3. The number of hydrogen-bond acceptors (Lipinski definition) is 3. The second-order valence-corrected chi connectivity index (χ2v) is 6.13.